The molecule has 3 unspecified atom stereocenters. The molecule has 0 fully saturated rings. The highest BCUT2D eigenvalue weighted by molar-refractivity contribution is 5.94. The first-order valence-corrected chi connectivity index (χ1v) is 11.2. The van der Waals surface area contributed by atoms with Gasteiger partial charge in [0, 0.05) is 43.0 Å². The lowest BCUT2D eigenvalue weighted by Crippen LogP contribution is -2.57. The molecule has 0 radical (unpaired) electrons. The Hall–Kier alpha value is -4.52. The van der Waals surface area contributed by atoms with Crippen LogP contribution in [0.5, 0.6) is 0 Å². The number of nitrogens with two attached hydrogens (primary N) is 1. The van der Waals surface area contributed by atoms with Crippen molar-refractivity contribution in [3.05, 3.63) is 72.3 Å². The first kappa shape index (κ1) is 26.1. The number of carboxylic acid groups (broad SMARTS) is 1. The SMILES string of the molecule is NC(Cc1cnc[nH]1)C(=O)NC(Cc1ccccc1)C(=O)NC(Cc1cnc[nH]1)C(=O)NCC(=O)O. The molecule has 2 heterocycles. The molecule has 36 heavy (non-hydrogen) atoms. The van der Waals surface area contributed by atoms with Crippen molar-refractivity contribution in [2.24, 2.45) is 5.73 Å². The second kappa shape index (κ2) is 12.8. The van der Waals surface area contributed by atoms with Crippen LogP contribution in [0.4, 0.5) is 0 Å². The van der Waals surface area contributed by atoms with Gasteiger partial charge < -0.3 is 36.8 Å². The van der Waals surface area contributed by atoms with Crippen LogP contribution in [0.1, 0.15) is 17.0 Å². The number of nitrogens with one attached hydrogen (secondary N) is 5. The lowest BCUT2D eigenvalue weighted by molar-refractivity contribution is -0.138. The predicted molar refractivity (Wildman–Crippen MR) is 127 cm³/mol. The molecule has 13 heteroatoms. The number of aromatic amines is 2. The maximum Gasteiger partial charge on any atom is 0.322 e. The zero-order valence-electron chi connectivity index (χ0n) is 19.3. The molecule has 0 bridgehead atoms. The van der Waals surface area contributed by atoms with Crippen molar-refractivity contribution < 1.29 is 24.3 Å². The smallest absolute Gasteiger partial charge is 0.322 e. The van der Waals surface area contributed by atoms with E-state index in [-0.39, 0.29) is 19.3 Å². The maximum atomic E-state index is 13.3. The van der Waals surface area contributed by atoms with Gasteiger partial charge in [-0.3, -0.25) is 19.2 Å². The molecule has 2 aromatic heterocycles. The van der Waals surface area contributed by atoms with Crippen LogP contribution >= 0.6 is 0 Å². The fourth-order valence-electron chi connectivity index (χ4n) is 3.45. The van der Waals surface area contributed by atoms with Crippen LogP contribution in [-0.4, -0.2) is 73.4 Å². The lowest BCUT2D eigenvalue weighted by atomic mass is 10.0. The number of amides is 3. The van der Waals surface area contributed by atoms with E-state index in [0.717, 1.165) is 5.56 Å². The van der Waals surface area contributed by atoms with E-state index in [1.54, 1.807) is 30.5 Å². The normalized spacial score (nSPS) is 13.2. The summed E-state index contributed by atoms with van der Waals surface area (Å²) in [6.07, 6.45) is 6.29. The van der Waals surface area contributed by atoms with E-state index in [9.17, 15) is 19.2 Å². The van der Waals surface area contributed by atoms with Gasteiger partial charge in [0.1, 0.15) is 18.6 Å². The van der Waals surface area contributed by atoms with E-state index < -0.39 is 48.4 Å². The lowest BCUT2D eigenvalue weighted by Gasteiger charge is -2.24. The van der Waals surface area contributed by atoms with Crippen molar-refractivity contribution >= 4 is 23.7 Å². The molecule has 3 amide bonds. The van der Waals surface area contributed by atoms with E-state index in [1.165, 1.54) is 18.9 Å². The summed E-state index contributed by atoms with van der Waals surface area (Å²) in [6, 6.07) is 5.92. The Morgan fingerprint density at radius 3 is 2.00 bits per heavy atom. The Balaban J connectivity index is 1.74. The van der Waals surface area contributed by atoms with Crippen molar-refractivity contribution in [2.75, 3.05) is 6.54 Å². The number of rotatable bonds is 13. The Labute approximate surface area is 206 Å². The number of imidazole rings is 2. The molecule has 0 aliphatic heterocycles. The summed E-state index contributed by atoms with van der Waals surface area (Å²) in [5, 5.41) is 16.5. The molecule has 0 spiro atoms. The van der Waals surface area contributed by atoms with Gasteiger partial charge in [0.05, 0.1) is 18.7 Å². The standard InChI is InChI=1S/C23H28N8O5/c24-17(7-15-9-25-12-28-15)21(34)30-18(6-14-4-2-1-3-5-14)23(36)31-19(8-16-10-26-13-29-16)22(35)27-11-20(32)33/h1-5,9-10,12-13,17-19H,6-8,11,24H2,(H,25,28)(H,26,29)(H,27,35)(H,30,34)(H,31,36)(H,32,33). The minimum atomic E-state index is -1.23. The Morgan fingerprint density at radius 1 is 0.833 bits per heavy atom. The molecule has 1 aromatic carbocycles. The number of carbonyl (C=O) groups is 4. The topological polar surface area (TPSA) is 208 Å². The van der Waals surface area contributed by atoms with Crippen molar-refractivity contribution in [3.8, 4) is 0 Å². The summed E-state index contributed by atoms with van der Waals surface area (Å²) in [7, 11) is 0. The summed E-state index contributed by atoms with van der Waals surface area (Å²) in [5.41, 5.74) is 8.03. The molecule has 3 atom stereocenters. The summed E-state index contributed by atoms with van der Waals surface area (Å²) in [5.74, 6) is -3.10. The number of benzene rings is 1. The fraction of sp³-hybridized carbons (Fsp3) is 0.304. The largest absolute Gasteiger partial charge is 0.480 e. The molecule has 3 aromatic rings. The van der Waals surface area contributed by atoms with Crippen LogP contribution in [-0.2, 0) is 38.4 Å². The van der Waals surface area contributed by atoms with E-state index in [4.69, 9.17) is 10.8 Å². The quantitative estimate of drug-likeness (QED) is 0.150. The molecule has 3 rings (SSSR count). The number of aromatic nitrogens is 4. The van der Waals surface area contributed by atoms with E-state index in [0.29, 0.717) is 11.4 Å². The van der Waals surface area contributed by atoms with Crippen LogP contribution in [0, 0.1) is 0 Å². The highest BCUT2D eigenvalue weighted by atomic mass is 16.4. The van der Waals surface area contributed by atoms with Gasteiger partial charge in [-0.25, -0.2) is 9.97 Å². The second-order valence-corrected chi connectivity index (χ2v) is 8.09. The van der Waals surface area contributed by atoms with Gasteiger partial charge >= 0.3 is 5.97 Å². The zero-order chi connectivity index (χ0) is 25.9. The minimum Gasteiger partial charge on any atom is -0.480 e. The van der Waals surface area contributed by atoms with Crippen molar-refractivity contribution in [1.82, 2.24) is 35.9 Å². The number of H-pyrrole nitrogens is 2. The van der Waals surface area contributed by atoms with Gasteiger partial charge in [-0.1, -0.05) is 30.3 Å². The highest BCUT2D eigenvalue weighted by Crippen LogP contribution is 2.07. The van der Waals surface area contributed by atoms with Crippen LogP contribution in [0.2, 0.25) is 0 Å². The average molecular weight is 497 g/mol. The summed E-state index contributed by atoms with van der Waals surface area (Å²) in [6.45, 7) is -0.610. The van der Waals surface area contributed by atoms with Gasteiger partial charge in [-0.05, 0) is 5.56 Å². The Morgan fingerprint density at radius 2 is 1.42 bits per heavy atom. The van der Waals surface area contributed by atoms with Crippen LogP contribution in [0.15, 0.2) is 55.4 Å². The summed E-state index contributed by atoms with van der Waals surface area (Å²) in [4.78, 5) is 63.2. The van der Waals surface area contributed by atoms with Gasteiger partial charge in [0.2, 0.25) is 17.7 Å². The minimum absolute atomic E-state index is 0.0303. The van der Waals surface area contributed by atoms with Gasteiger partial charge in [0.25, 0.3) is 0 Å². The number of carboxylic acids is 1. The third-order valence-electron chi connectivity index (χ3n) is 5.27. The highest BCUT2D eigenvalue weighted by Gasteiger charge is 2.29. The van der Waals surface area contributed by atoms with Crippen molar-refractivity contribution in [1.29, 1.82) is 0 Å². The molecular weight excluding hydrogens is 468 g/mol. The molecule has 190 valence electrons. The summed E-state index contributed by atoms with van der Waals surface area (Å²) >= 11 is 0. The molecule has 13 nitrogen and oxygen atoms in total. The second-order valence-electron chi connectivity index (χ2n) is 8.09. The van der Waals surface area contributed by atoms with E-state index in [1.807, 2.05) is 6.07 Å². The zero-order valence-corrected chi connectivity index (χ0v) is 19.3. The first-order valence-electron chi connectivity index (χ1n) is 11.2. The average Bonchev–Trinajstić information content (AvgIpc) is 3.56. The summed E-state index contributed by atoms with van der Waals surface area (Å²) < 4.78 is 0. The van der Waals surface area contributed by atoms with Crippen LogP contribution in [0.3, 0.4) is 0 Å². The predicted octanol–water partition coefficient (Wildman–Crippen LogP) is -1.34. The maximum absolute atomic E-state index is 13.3. The third kappa shape index (κ3) is 8.06. The van der Waals surface area contributed by atoms with Gasteiger partial charge in [-0.15, -0.1) is 0 Å². The van der Waals surface area contributed by atoms with Crippen molar-refractivity contribution in [3.63, 3.8) is 0 Å². The monoisotopic (exact) mass is 496 g/mol. The number of hydrogen-bond donors (Lipinski definition) is 7. The molecule has 0 saturated carbocycles. The number of nitrogens with zero attached hydrogens (tertiary/aromatic N) is 2. The van der Waals surface area contributed by atoms with Gasteiger partial charge in [-0.2, -0.15) is 0 Å². The Bertz CT molecular complexity index is 1130. The molecular formula is C23H28N8O5. The van der Waals surface area contributed by atoms with E-state index in [2.05, 4.69) is 35.9 Å². The molecule has 0 aliphatic rings. The number of carbonyl (C=O) groups excluding carboxylic acids is 3. The van der Waals surface area contributed by atoms with Crippen molar-refractivity contribution in [2.45, 2.75) is 37.4 Å². The molecule has 0 saturated heterocycles. The van der Waals surface area contributed by atoms with Crippen LogP contribution < -0.4 is 21.7 Å². The molecule has 8 N–H and O–H groups in total. The fourth-order valence-corrected chi connectivity index (χ4v) is 3.45. The first-order chi connectivity index (χ1) is 17.3. The van der Waals surface area contributed by atoms with E-state index >= 15 is 0 Å². The molecule has 0 aliphatic carbocycles. The van der Waals surface area contributed by atoms with Gasteiger partial charge in [0.15, 0.2) is 0 Å². The third-order valence-corrected chi connectivity index (χ3v) is 5.27. The number of hydrogen-bond acceptors (Lipinski definition) is 7. The number of aliphatic carboxylic acids is 1. The van der Waals surface area contributed by atoms with Crippen LogP contribution in [0.25, 0.3) is 0 Å². The Kier molecular flexibility index (Phi) is 9.28.